The molecular formula is C6H8N4O2. The van der Waals surface area contributed by atoms with Crippen LogP contribution in [-0.2, 0) is 11.3 Å². The van der Waals surface area contributed by atoms with Crippen LogP contribution in [0.5, 0.6) is 0 Å². The van der Waals surface area contributed by atoms with Crippen molar-refractivity contribution in [2.24, 2.45) is 5.73 Å². The third-order valence-electron chi connectivity index (χ3n) is 1.44. The lowest BCUT2D eigenvalue weighted by Crippen LogP contribution is -2.20. The minimum atomic E-state index is -0.513. The number of nitrogens with two attached hydrogens (primary N) is 1. The molecule has 6 nitrogen and oxygen atoms in total. The fourth-order valence-electron chi connectivity index (χ4n) is 0.781. The summed E-state index contributed by atoms with van der Waals surface area (Å²) in [7, 11) is 0. The largest absolute Gasteiger partial charge is 0.368 e. The highest BCUT2D eigenvalue weighted by Gasteiger charge is 2.08. The first kappa shape index (κ1) is 8.38. The van der Waals surface area contributed by atoms with Crippen molar-refractivity contribution in [3.63, 3.8) is 0 Å². The van der Waals surface area contributed by atoms with Crippen molar-refractivity contribution >= 4 is 12.2 Å². The van der Waals surface area contributed by atoms with E-state index in [1.807, 2.05) is 0 Å². The predicted octanol–water partition coefficient (Wildman–Crippen LogP) is -1.12. The van der Waals surface area contributed by atoms with Gasteiger partial charge in [0.2, 0.25) is 5.91 Å². The molecule has 2 N–H and O–H groups in total. The Balaban J connectivity index is 2.94. The van der Waals surface area contributed by atoms with Crippen LogP contribution in [0.2, 0.25) is 0 Å². The van der Waals surface area contributed by atoms with E-state index in [2.05, 4.69) is 10.3 Å². The summed E-state index contributed by atoms with van der Waals surface area (Å²) in [5.74, 6) is -0.513. The Kier molecular flexibility index (Phi) is 2.18. The van der Waals surface area contributed by atoms with E-state index in [4.69, 9.17) is 5.73 Å². The molecule has 0 aliphatic rings. The second-order valence-electron chi connectivity index (χ2n) is 2.30. The van der Waals surface area contributed by atoms with Gasteiger partial charge in [-0.25, -0.2) is 4.68 Å². The molecule has 0 unspecified atom stereocenters. The molecule has 0 aromatic carbocycles. The highest BCUT2D eigenvalue weighted by atomic mass is 16.1. The molecule has 6 heteroatoms. The zero-order valence-electron chi connectivity index (χ0n) is 6.52. The number of hydrogen-bond donors (Lipinski definition) is 1. The normalized spacial score (nSPS) is 9.75. The first-order valence-electron chi connectivity index (χ1n) is 3.28. The van der Waals surface area contributed by atoms with Gasteiger partial charge in [0.1, 0.15) is 12.2 Å². The first-order chi connectivity index (χ1) is 5.65. The van der Waals surface area contributed by atoms with Gasteiger partial charge in [0, 0.05) is 0 Å². The Morgan fingerprint density at radius 3 is 2.83 bits per heavy atom. The van der Waals surface area contributed by atoms with Crippen LogP contribution >= 0.6 is 0 Å². The molecule has 1 rings (SSSR count). The number of nitrogens with zero attached hydrogens (tertiary/aromatic N) is 3. The van der Waals surface area contributed by atoms with Crippen LogP contribution in [0.3, 0.4) is 0 Å². The summed E-state index contributed by atoms with van der Waals surface area (Å²) in [5.41, 5.74) is 5.71. The number of rotatable bonds is 3. The third kappa shape index (κ3) is 1.47. The van der Waals surface area contributed by atoms with Gasteiger partial charge in [-0.15, -0.1) is 5.10 Å². The molecule has 1 amide bonds. The monoisotopic (exact) mass is 168 g/mol. The molecule has 12 heavy (non-hydrogen) atoms. The number of aromatic nitrogens is 3. The Bertz CT molecular complexity index is 317. The number of carbonyl (C=O) groups is 2. The number of hydrogen-bond acceptors (Lipinski definition) is 4. The summed E-state index contributed by atoms with van der Waals surface area (Å²) in [4.78, 5) is 20.8. The maximum absolute atomic E-state index is 10.5. The van der Waals surface area contributed by atoms with E-state index in [0.29, 0.717) is 12.0 Å². The zero-order valence-corrected chi connectivity index (χ0v) is 6.52. The van der Waals surface area contributed by atoms with E-state index >= 15 is 0 Å². The van der Waals surface area contributed by atoms with E-state index in [1.165, 1.54) is 4.68 Å². The van der Waals surface area contributed by atoms with Crippen LogP contribution < -0.4 is 5.73 Å². The highest BCUT2D eigenvalue weighted by molar-refractivity contribution is 5.75. The van der Waals surface area contributed by atoms with Crippen molar-refractivity contribution in [2.75, 3.05) is 0 Å². The quantitative estimate of drug-likeness (QED) is 0.579. The lowest BCUT2D eigenvalue weighted by molar-refractivity contribution is -0.118. The molecule has 1 heterocycles. The summed E-state index contributed by atoms with van der Waals surface area (Å²) in [6.45, 7) is 1.60. The number of aldehydes is 1. The molecule has 0 saturated carbocycles. The van der Waals surface area contributed by atoms with Crippen LogP contribution in [-0.4, -0.2) is 27.2 Å². The molecular weight excluding hydrogens is 160 g/mol. The summed E-state index contributed by atoms with van der Waals surface area (Å²) >= 11 is 0. The average Bonchev–Trinajstić information content (AvgIpc) is 2.32. The molecule has 0 spiro atoms. The SMILES string of the molecule is Cc1c(C=O)nnn1CC(N)=O. The van der Waals surface area contributed by atoms with Gasteiger partial charge >= 0.3 is 0 Å². The molecule has 0 atom stereocenters. The van der Waals surface area contributed by atoms with Gasteiger partial charge in [0.15, 0.2) is 6.29 Å². The maximum atomic E-state index is 10.5. The van der Waals surface area contributed by atoms with Crippen LogP contribution in [0.4, 0.5) is 0 Å². The second-order valence-corrected chi connectivity index (χ2v) is 2.30. The van der Waals surface area contributed by atoms with Gasteiger partial charge in [0.25, 0.3) is 0 Å². The smallest absolute Gasteiger partial charge is 0.239 e. The first-order valence-corrected chi connectivity index (χ1v) is 3.28. The predicted molar refractivity (Wildman–Crippen MR) is 39.3 cm³/mol. The lowest BCUT2D eigenvalue weighted by Gasteiger charge is -1.96. The fourth-order valence-corrected chi connectivity index (χ4v) is 0.781. The molecule has 64 valence electrons. The van der Waals surface area contributed by atoms with Gasteiger partial charge in [-0.3, -0.25) is 9.59 Å². The fraction of sp³-hybridized carbons (Fsp3) is 0.333. The number of amides is 1. The molecule has 0 fully saturated rings. The van der Waals surface area contributed by atoms with Crippen LogP contribution in [0.25, 0.3) is 0 Å². The van der Waals surface area contributed by atoms with E-state index in [1.54, 1.807) is 6.92 Å². The van der Waals surface area contributed by atoms with Crippen molar-refractivity contribution in [3.05, 3.63) is 11.4 Å². The Labute approximate surface area is 68.3 Å². The molecule has 0 aliphatic heterocycles. The number of primary amides is 1. The van der Waals surface area contributed by atoms with E-state index in [9.17, 15) is 9.59 Å². The van der Waals surface area contributed by atoms with Crippen molar-refractivity contribution in [1.29, 1.82) is 0 Å². The topological polar surface area (TPSA) is 90.9 Å². The maximum Gasteiger partial charge on any atom is 0.239 e. The summed E-state index contributed by atoms with van der Waals surface area (Å²) < 4.78 is 1.28. The second kappa shape index (κ2) is 3.12. The molecule has 0 radical (unpaired) electrons. The van der Waals surface area contributed by atoms with Crippen LogP contribution in [0, 0.1) is 6.92 Å². The minimum absolute atomic E-state index is 0.0489. The Morgan fingerprint density at radius 2 is 2.42 bits per heavy atom. The molecule has 0 saturated heterocycles. The van der Waals surface area contributed by atoms with E-state index in [-0.39, 0.29) is 12.2 Å². The summed E-state index contributed by atoms with van der Waals surface area (Å²) in [6.07, 6.45) is 0.583. The summed E-state index contributed by atoms with van der Waals surface area (Å²) in [6, 6.07) is 0. The van der Waals surface area contributed by atoms with Gasteiger partial charge in [-0.05, 0) is 6.92 Å². The average molecular weight is 168 g/mol. The van der Waals surface area contributed by atoms with Crippen molar-refractivity contribution < 1.29 is 9.59 Å². The standard InChI is InChI=1S/C6H8N4O2/c1-4-5(3-11)8-9-10(4)2-6(7)12/h3H,2H2,1H3,(H2,7,12). The van der Waals surface area contributed by atoms with Crippen molar-refractivity contribution in [2.45, 2.75) is 13.5 Å². The van der Waals surface area contributed by atoms with E-state index in [0.717, 1.165) is 0 Å². The molecule has 1 aromatic rings. The van der Waals surface area contributed by atoms with Crippen LogP contribution in [0.15, 0.2) is 0 Å². The zero-order chi connectivity index (χ0) is 9.14. The van der Waals surface area contributed by atoms with E-state index < -0.39 is 5.91 Å². The van der Waals surface area contributed by atoms with Crippen molar-refractivity contribution in [1.82, 2.24) is 15.0 Å². The van der Waals surface area contributed by atoms with Gasteiger partial charge in [-0.1, -0.05) is 5.21 Å². The van der Waals surface area contributed by atoms with Gasteiger partial charge < -0.3 is 5.73 Å². The van der Waals surface area contributed by atoms with Crippen molar-refractivity contribution in [3.8, 4) is 0 Å². The number of carbonyl (C=O) groups excluding carboxylic acids is 2. The van der Waals surface area contributed by atoms with Gasteiger partial charge in [-0.2, -0.15) is 0 Å². The minimum Gasteiger partial charge on any atom is -0.368 e. The Hall–Kier alpha value is -1.72. The Morgan fingerprint density at radius 1 is 1.75 bits per heavy atom. The molecule has 1 aromatic heterocycles. The van der Waals surface area contributed by atoms with Crippen LogP contribution in [0.1, 0.15) is 16.2 Å². The highest BCUT2D eigenvalue weighted by Crippen LogP contribution is 1.99. The lowest BCUT2D eigenvalue weighted by atomic mass is 10.4. The summed E-state index contributed by atoms with van der Waals surface area (Å²) in [5, 5.41) is 7.09. The molecule has 0 aliphatic carbocycles. The van der Waals surface area contributed by atoms with Gasteiger partial charge in [0.05, 0.1) is 5.69 Å². The third-order valence-corrected chi connectivity index (χ3v) is 1.44. The molecule has 0 bridgehead atoms.